The molecular weight excluding hydrogens is 361 g/mol. The topological polar surface area (TPSA) is 62.7 Å². The summed E-state index contributed by atoms with van der Waals surface area (Å²) < 4.78 is 37.9. The molecule has 3 rings (SSSR count). The Bertz CT molecular complexity index is 744. The maximum absolute atomic E-state index is 10.6. The second-order valence-electron chi connectivity index (χ2n) is 6.35. The fourth-order valence-corrected chi connectivity index (χ4v) is 2.89. The molecule has 148 valence electrons. The highest BCUT2D eigenvalue weighted by atomic mass is 19.4. The minimum absolute atomic E-state index is 0.363. The number of hydrogen-bond donors (Lipinski definition) is 1. The third kappa shape index (κ3) is 6.71. The maximum Gasteiger partial charge on any atom is 0.490 e. The van der Waals surface area contributed by atoms with Crippen LogP contribution in [0.4, 0.5) is 13.2 Å². The number of likely N-dealkylation sites (tertiary alicyclic amines) is 1. The van der Waals surface area contributed by atoms with E-state index in [1.54, 1.807) is 0 Å². The molecule has 0 saturated carbocycles. The van der Waals surface area contributed by atoms with E-state index in [1.165, 1.54) is 18.4 Å². The minimum atomic E-state index is -5.08. The van der Waals surface area contributed by atoms with E-state index < -0.39 is 12.1 Å². The molecule has 5 nitrogen and oxygen atoms in total. The van der Waals surface area contributed by atoms with Crippen LogP contribution in [-0.4, -0.2) is 52.9 Å². The van der Waals surface area contributed by atoms with Crippen LogP contribution < -0.4 is 4.74 Å². The molecule has 8 heteroatoms. The van der Waals surface area contributed by atoms with Crippen molar-refractivity contribution in [2.75, 3.05) is 19.6 Å². The molecule has 0 bridgehead atoms. The molecule has 1 aliphatic heterocycles. The van der Waals surface area contributed by atoms with Crippen molar-refractivity contribution in [2.24, 2.45) is 0 Å². The molecule has 0 radical (unpaired) electrons. The first kappa shape index (κ1) is 21.0. The monoisotopic (exact) mass is 384 g/mol. The standard InChI is InChI=1S/C17H22N2O.C2HF3O2/c1-2-9-19-10-6-16(7-11-19)20-17-4-3-15-13-18-8-5-14(15)12-17;3-2(4,5)1(6)7/h3-5,8,12-13,16H,2,6-7,9-11H2,1H3;(H,6,7). The molecule has 1 N–H and O–H groups in total. The van der Waals surface area contributed by atoms with Crippen LogP contribution in [0.1, 0.15) is 26.2 Å². The van der Waals surface area contributed by atoms with Gasteiger partial charge in [0.15, 0.2) is 0 Å². The first-order chi connectivity index (χ1) is 12.8. The molecule has 2 aromatic rings. The number of carbonyl (C=O) groups is 1. The van der Waals surface area contributed by atoms with Crippen molar-refractivity contribution in [3.05, 3.63) is 36.7 Å². The van der Waals surface area contributed by atoms with E-state index >= 15 is 0 Å². The third-order valence-corrected chi connectivity index (χ3v) is 4.23. The fourth-order valence-electron chi connectivity index (χ4n) is 2.89. The van der Waals surface area contributed by atoms with Crippen molar-refractivity contribution in [2.45, 2.75) is 38.5 Å². The smallest absolute Gasteiger partial charge is 0.490 e. The lowest BCUT2D eigenvalue weighted by Crippen LogP contribution is -2.38. The van der Waals surface area contributed by atoms with E-state index in [0.29, 0.717) is 6.10 Å². The number of carboxylic acids is 1. The number of alkyl halides is 3. The summed E-state index contributed by atoms with van der Waals surface area (Å²) in [5.41, 5.74) is 0. The zero-order chi connectivity index (χ0) is 19.9. The summed E-state index contributed by atoms with van der Waals surface area (Å²) >= 11 is 0. The molecule has 1 saturated heterocycles. The van der Waals surface area contributed by atoms with Crippen molar-refractivity contribution >= 4 is 16.7 Å². The van der Waals surface area contributed by atoms with E-state index in [-0.39, 0.29) is 0 Å². The molecule has 1 aliphatic rings. The van der Waals surface area contributed by atoms with Crippen LogP contribution in [0.3, 0.4) is 0 Å². The Morgan fingerprint density at radius 1 is 1.26 bits per heavy atom. The highest BCUT2D eigenvalue weighted by Crippen LogP contribution is 2.23. The Balaban J connectivity index is 0.000000321. The third-order valence-electron chi connectivity index (χ3n) is 4.23. The SMILES string of the molecule is CCCN1CCC(Oc2ccc3cnccc3c2)CC1.O=C(O)C(F)(F)F. The van der Waals surface area contributed by atoms with Gasteiger partial charge in [-0.3, -0.25) is 4.98 Å². The highest BCUT2D eigenvalue weighted by molar-refractivity contribution is 5.82. The second kappa shape index (κ2) is 9.55. The van der Waals surface area contributed by atoms with Crippen LogP contribution in [-0.2, 0) is 4.79 Å². The summed E-state index contributed by atoms with van der Waals surface area (Å²) in [5.74, 6) is -1.77. The average molecular weight is 384 g/mol. The quantitative estimate of drug-likeness (QED) is 0.859. The zero-order valence-corrected chi connectivity index (χ0v) is 15.1. The number of aliphatic carboxylic acids is 1. The number of nitrogens with zero attached hydrogens (tertiary/aromatic N) is 2. The Morgan fingerprint density at radius 3 is 2.52 bits per heavy atom. The number of halogens is 3. The number of benzene rings is 1. The summed E-state index contributed by atoms with van der Waals surface area (Å²) in [5, 5.41) is 9.48. The largest absolute Gasteiger partial charge is 0.490 e. The second-order valence-corrected chi connectivity index (χ2v) is 6.35. The van der Waals surface area contributed by atoms with Crippen LogP contribution in [0.2, 0.25) is 0 Å². The van der Waals surface area contributed by atoms with Crippen molar-refractivity contribution in [1.82, 2.24) is 9.88 Å². The Hall–Kier alpha value is -2.35. The molecule has 0 aliphatic carbocycles. The van der Waals surface area contributed by atoms with Gasteiger partial charge < -0.3 is 14.7 Å². The van der Waals surface area contributed by atoms with Crippen LogP contribution >= 0.6 is 0 Å². The molecule has 27 heavy (non-hydrogen) atoms. The molecule has 2 heterocycles. The van der Waals surface area contributed by atoms with E-state index in [1.807, 2.05) is 18.5 Å². The van der Waals surface area contributed by atoms with Gasteiger partial charge >= 0.3 is 12.1 Å². The predicted octanol–water partition coefficient (Wildman–Crippen LogP) is 4.12. The number of rotatable bonds is 4. The normalized spacial score (nSPS) is 15.9. The number of fused-ring (bicyclic) bond motifs is 1. The number of ether oxygens (including phenoxy) is 1. The van der Waals surface area contributed by atoms with Gasteiger partial charge in [-0.1, -0.05) is 6.92 Å². The molecule has 1 fully saturated rings. The molecule has 1 aromatic heterocycles. The van der Waals surface area contributed by atoms with E-state index in [9.17, 15) is 13.2 Å². The number of hydrogen-bond acceptors (Lipinski definition) is 4. The van der Waals surface area contributed by atoms with Gasteiger partial charge in [0.25, 0.3) is 0 Å². The molecule has 0 unspecified atom stereocenters. The summed E-state index contributed by atoms with van der Waals surface area (Å²) in [6.45, 7) is 5.79. The van der Waals surface area contributed by atoms with Gasteiger partial charge in [0, 0.05) is 30.9 Å². The van der Waals surface area contributed by atoms with Gasteiger partial charge in [-0.2, -0.15) is 13.2 Å². The number of aromatic nitrogens is 1. The maximum atomic E-state index is 10.6. The summed E-state index contributed by atoms with van der Waals surface area (Å²) in [6.07, 6.45) is 2.51. The number of pyridine rings is 1. The first-order valence-corrected chi connectivity index (χ1v) is 8.82. The number of piperidine rings is 1. The van der Waals surface area contributed by atoms with Crippen molar-refractivity contribution in [3.8, 4) is 5.75 Å². The Kier molecular flexibility index (Phi) is 7.41. The first-order valence-electron chi connectivity index (χ1n) is 8.82. The lowest BCUT2D eigenvalue weighted by molar-refractivity contribution is -0.192. The summed E-state index contributed by atoms with van der Waals surface area (Å²) in [4.78, 5) is 15.6. The van der Waals surface area contributed by atoms with Gasteiger partial charge in [-0.25, -0.2) is 4.79 Å². The van der Waals surface area contributed by atoms with E-state index in [0.717, 1.165) is 37.1 Å². The van der Waals surface area contributed by atoms with Crippen LogP contribution in [0.5, 0.6) is 5.75 Å². The lowest BCUT2D eigenvalue weighted by Gasteiger charge is -2.31. The van der Waals surface area contributed by atoms with Gasteiger partial charge in [-0.05, 0) is 55.5 Å². The van der Waals surface area contributed by atoms with Crippen molar-refractivity contribution < 1.29 is 27.8 Å². The van der Waals surface area contributed by atoms with Crippen LogP contribution in [0.25, 0.3) is 10.8 Å². The van der Waals surface area contributed by atoms with Gasteiger partial charge in [-0.15, -0.1) is 0 Å². The molecule has 0 atom stereocenters. The van der Waals surface area contributed by atoms with Crippen molar-refractivity contribution in [1.29, 1.82) is 0 Å². The Morgan fingerprint density at radius 2 is 1.93 bits per heavy atom. The Labute approximate surface area is 155 Å². The minimum Gasteiger partial charge on any atom is -0.490 e. The number of carboxylic acid groups (broad SMARTS) is 1. The highest BCUT2D eigenvalue weighted by Gasteiger charge is 2.38. The van der Waals surface area contributed by atoms with Crippen molar-refractivity contribution in [3.63, 3.8) is 0 Å². The zero-order valence-electron chi connectivity index (χ0n) is 15.1. The van der Waals surface area contributed by atoms with Gasteiger partial charge in [0.1, 0.15) is 11.9 Å². The lowest BCUT2D eigenvalue weighted by atomic mass is 10.1. The van der Waals surface area contributed by atoms with E-state index in [4.69, 9.17) is 14.6 Å². The van der Waals surface area contributed by atoms with Crippen LogP contribution in [0, 0.1) is 0 Å². The molecular formula is C19H23F3N2O3. The van der Waals surface area contributed by atoms with Gasteiger partial charge in [0.2, 0.25) is 0 Å². The van der Waals surface area contributed by atoms with Gasteiger partial charge in [0.05, 0.1) is 0 Å². The summed E-state index contributed by atoms with van der Waals surface area (Å²) in [7, 11) is 0. The summed E-state index contributed by atoms with van der Waals surface area (Å²) in [6, 6.07) is 8.30. The predicted molar refractivity (Wildman–Crippen MR) is 95.8 cm³/mol. The average Bonchev–Trinajstić information content (AvgIpc) is 2.63. The van der Waals surface area contributed by atoms with E-state index in [2.05, 4.69) is 35.0 Å². The molecule has 1 aromatic carbocycles. The fraction of sp³-hybridized carbons (Fsp3) is 0.474. The molecule has 0 amide bonds. The van der Waals surface area contributed by atoms with Crippen LogP contribution in [0.15, 0.2) is 36.7 Å². The molecule has 0 spiro atoms.